The van der Waals surface area contributed by atoms with Crippen LogP contribution in [0.3, 0.4) is 0 Å². The molecule has 14 aromatic rings. The fourth-order valence-corrected chi connectivity index (χ4v) is 11.8. The maximum atomic E-state index is 5.61. The van der Waals surface area contributed by atoms with Gasteiger partial charge in [0.15, 0.2) is 0 Å². The van der Waals surface area contributed by atoms with Gasteiger partial charge in [-0.05, 0) is 182 Å². The summed E-state index contributed by atoms with van der Waals surface area (Å²) < 4.78 is 29.0. The number of nitrogens with zero attached hydrogens (tertiary/aromatic N) is 29. The molecule has 0 amide bonds. The first-order chi connectivity index (χ1) is 59.5. The molecule has 0 unspecified atom stereocenters. The fraction of sp³-hybridized carbons (Fsp3) is 0.615. The van der Waals surface area contributed by atoms with Crippen molar-refractivity contribution in [1.29, 1.82) is 0 Å². The summed E-state index contributed by atoms with van der Waals surface area (Å²) >= 11 is 3.28. The number of H-pyrrole nitrogens is 2. The number of aromatic nitrogens is 30. The van der Waals surface area contributed by atoms with E-state index in [9.17, 15) is 0 Å². The van der Waals surface area contributed by atoms with Gasteiger partial charge in [-0.3, -0.25) is 28.9 Å². The Morgan fingerprint density at radius 3 is 1.36 bits per heavy atom. The van der Waals surface area contributed by atoms with Gasteiger partial charge in [-0.2, -0.15) is 35.7 Å². The molecule has 34 nitrogen and oxygen atoms in total. The van der Waals surface area contributed by atoms with Gasteiger partial charge in [-0.1, -0.05) is 138 Å². The first kappa shape index (κ1) is 114. The monoisotopic (exact) mass is 1800 g/mol. The minimum absolute atomic E-state index is 0.339. The van der Waals surface area contributed by atoms with Gasteiger partial charge in [0, 0.05) is 124 Å². The highest BCUT2D eigenvalue weighted by molar-refractivity contribution is 7.11. The molecule has 0 saturated heterocycles. The zero-order valence-corrected chi connectivity index (χ0v) is 86.2. The molecule has 14 aromatic heterocycles. The molecular formula is C91H157N31O3S2. The summed E-state index contributed by atoms with van der Waals surface area (Å²) in [5, 5.41) is 75.0. The summed E-state index contributed by atoms with van der Waals surface area (Å²) in [6.45, 7) is 75.7. The number of aryl methyl sites for hydroxylation is 10. The Hall–Kier alpha value is -10.7. The SMILES string of the molecule is CC(C)c1ccc(CN(C)C)o1.CC(C)c1ccnn1C.CC(C)c1cn[nH]c1.CC(C)c1cnn(C)c1.CC(C)c1nnco1.CC(C)c1nncs1.CC(C)n1cncn1.Cc1n[nH]c(C)c1C(C)C.Cc1ncc(C(C)C)n1C.Cc1ncn(C(C)C)n1.Cc1ncnn1C(C)C.Cc1nnc(C(C)C)o1.Cc1nnc(C(C)C)s1.Cc1nncn1C(C)C. The predicted molar refractivity (Wildman–Crippen MR) is 512 cm³/mol. The van der Waals surface area contributed by atoms with Crippen molar-refractivity contribution in [3.05, 3.63) is 206 Å². The van der Waals surface area contributed by atoms with E-state index in [1.165, 1.54) is 40.2 Å². The second kappa shape index (κ2) is 60.8. The summed E-state index contributed by atoms with van der Waals surface area (Å²) in [6.07, 6.45) is 21.2. The highest BCUT2D eigenvalue weighted by Gasteiger charge is 2.13. The number of hydrogen-bond donors (Lipinski definition) is 2. The number of rotatable bonds is 16. The van der Waals surface area contributed by atoms with Gasteiger partial charge < -0.3 is 27.3 Å². The topological polar surface area (TPSA) is 379 Å². The molecule has 0 aliphatic carbocycles. The van der Waals surface area contributed by atoms with Crippen molar-refractivity contribution < 1.29 is 13.3 Å². The van der Waals surface area contributed by atoms with Crippen molar-refractivity contribution in [3.8, 4) is 0 Å². The van der Waals surface area contributed by atoms with Crippen LogP contribution in [-0.2, 0) is 27.7 Å². The third kappa shape index (κ3) is 46.5. The predicted octanol–water partition coefficient (Wildman–Crippen LogP) is 21.8. The average molecular weight is 1800 g/mol. The molecule has 0 aromatic carbocycles. The third-order valence-corrected chi connectivity index (χ3v) is 20.0. The molecule has 0 fully saturated rings. The van der Waals surface area contributed by atoms with Gasteiger partial charge >= 0.3 is 0 Å². The van der Waals surface area contributed by atoms with Crippen LogP contribution in [0.2, 0.25) is 0 Å². The maximum Gasteiger partial charge on any atom is 0.219 e. The molecule has 0 spiro atoms. The Kier molecular flexibility index (Phi) is 54.7. The highest BCUT2D eigenvalue weighted by Crippen LogP contribution is 2.23. The summed E-state index contributed by atoms with van der Waals surface area (Å²) in [7, 11) is 10.0. The lowest BCUT2D eigenvalue weighted by Gasteiger charge is -2.06. The van der Waals surface area contributed by atoms with E-state index in [2.05, 4.69) is 319 Å². The molecular weight excluding hydrogens is 1640 g/mol. The van der Waals surface area contributed by atoms with Crippen molar-refractivity contribution in [2.45, 2.75) is 339 Å². The minimum Gasteiger partial charge on any atom is -0.464 e. The van der Waals surface area contributed by atoms with Crippen LogP contribution >= 0.6 is 22.7 Å². The molecule has 706 valence electrons. The Balaban J connectivity index is 0.000000685. The first-order valence-electron chi connectivity index (χ1n) is 43.7. The van der Waals surface area contributed by atoms with E-state index < -0.39 is 0 Å². The van der Waals surface area contributed by atoms with Crippen LogP contribution in [-0.4, -0.2) is 168 Å². The second-order valence-electron chi connectivity index (χ2n) is 34.5. The lowest BCUT2D eigenvalue weighted by molar-refractivity contribution is 0.338. The molecule has 0 aliphatic rings. The maximum absolute atomic E-state index is 5.61. The zero-order valence-electron chi connectivity index (χ0n) is 84.5. The van der Waals surface area contributed by atoms with Crippen molar-refractivity contribution in [1.82, 2.24) is 154 Å². The Labute approximate surface area is 766 Å². The van der Waals surface area contributed by atoms with Crippen LogP contribution < -0.4 is 0 Å². The molecule has 0 aliphatic heterocycles. The number of aromatic amines is 2. The van der Waals surface area contributed by atoms with Crippen LogP contribution in [0.15, 0.2) is 112 Å². The average Bonchev–Trinajstić information content (AvgIpc) is 1.73. The summed E-state index contributed by atoms with van der Waals surface area (Å²) in [5.74, 6) is 13.2. The zero-order chi connectivity index (χ0) is 96.5. The van der Waals surface area contributed by atoms with Crippen molar-refractivity contribution >= 4 is 22.7 Å². The molecule has 14 heterocycles. The second-order valence-corrected chi connectivity index (χ2v) is 36.6. The highest BCUT2D eigenvalue weighted by atomic mass is 32.1. The summed E-state index contributed by atoms with van der Waals surface area (Å²) in [4.78, 5) is 18.1. The Morgan fingerprint density at radius 2 is 1.12 bits per heavy atom. The number of imidazole rings is 1. The third-order valence-electron chi connectivity index (χ3n) is 17.8. The van der Waals surface area contributed by atoms with E-state index in [-0.39, 0.29) is 0 Å². The molecule has 0 radical (unpaired) electrons. The molecule has 0 bridgehead atoms. The van der Waals surface area contributed by atoms with E-state index in [1.54, 1.807) is 71.4 Å². The van der Waals surface area contributed by atoms with E-state index >= 15 is 0 Å². The summed E-state index contributed by atoms with van der Waals surface area (Å²) in [5.41, 5.74) is 10.6. The van der Waals surface area contributed by atoms with Crippen LogP contribution in [0.1, 0.15) is 384 Å². The number of furan rings is 1. The van der Waals surface area contributed by atoms with Gasteiger partial charge in [0.1, 0.15) is 87.0 Å². The van der Waals surface area contributed by atoms with Crippen LogP contribution in [0.4, 0.5) is 0 Å². The van der Waals surface area contributed by atoms with Crippen molar-refractivity contribution in [2.24, 2.45) is 21.1 Å². The smallest absolute Gasteiger partial charge is 0.219 e. The van der Waals surface area contributed by atoms with Crippen LogP contribution in [0.25, 0.3) is 0 Å². The number of hydrogen-bond acceptors (Lipinski definition) is 27. The van der Waals surface area contributed by atoms with E-state index in [4.69, 9.17) is 13.3 Å². The van der Waals surface area contributed by atoms with E-state index in [0.29, 0.717) is 101 Å². The largest absolute Gasteiger partial charge is 0.464 e. The lowest BCUT2D eigenvalue weighted by atomic mass is 10.0. The summed E-state index contributed by atoms with van der Waals surface area (Å²) in [6, 6.07) is 7.90. The minimum atomic E-state index is 0.339. The molecule has 0 saturated carbocycles. The Bertz CT molecular complexity index is 4490. The van der Waals surface area contributed by atoms with Crippen LogP contribution in [0, 0.1) is 55.4 Å². The fourth-order valence-electron chi connectivity index (χ4n) is 10.5. The Morgan fingerprint density at radius 1 is 0.480 bits per heavy atom. The standard InChI is InChI=1S/C10H17NO.2C8H14N2.2C7H12N2.3C6H11N3.C6H10N2O.C6H10N2S.C6H10N2.C5H9N3.C5H8N2O.C5H8N2S/c1-8(2)10-6-5-9(12-10)7-11(3)4;1-6(2)8-5-9-7(3)10(8)4;1-5(2)8-6(3)9-10-7(8)4;1-6(2)7-4-8-9(3)5-7;1-6(2)7-4-5-8-9(7)3;1-5(2)9-4-7-8-6(9)3;1-5(2)9-4-7-6(3)8-9;1-5(2)9-6(3)7-4-8-9;2*1-4(2)6-8-7-5(3)9-6;1-5(2)6-3-7-8-4-6;1-5(2)8-4-6-3-7-8;2*1-4(2)5-7-6-3-8-5/h5-6,8H,7H2,1-4H3;5-6H,1-4H3;5H,1-4H3,(H,9,10);2*4-6H,1-3H3;3*4-5H,1-3H3;2*4H,1-3H3;3-5H,1-2H3,(H,7,8);3-5H,1-2H3;2*3-4H,1-2H3. The van der Waals surface area contributed by atoms with Crippen LogP contribution in [0.5, 0.6) is 0 Å². The van der Waals surface area contributed by atoms with Crippen molar-refractivity contribution in [3.63, 3.8) is 0 Å². The van der Waals surface area contributed by atoms with Crippen molar-refractivity contribution in [2.75, 3.05) is 14.1 Å². The molecule has 36 heteroatoms. The molecule has 14 rings (SSSR count). The number of nitrogens with one attached hydrogen (secondary N) is 2. The van der Waals surface area contributed by atoms with Gasteiger partial charge in [0.25, 0.3) is 0 Å². The molecule has 0 atom stereocenters. The lowest BCUT2D eigenvalue weighted by Crippen LogP contribution is -2.09. The molecule has 127 heavy (non-hydrogen) atoms. The quantitative estimate of drug-likeness (QED) is 0.0907. The van der Waals surface area contributed by atoms with E-state index in [1.807, 2.05) is 164 Å². The van der Waals surface area contributed by atoms with Gasteiger partial charge in [0.2, 0.25) is 24.1 Å². The van der Waals surface area contributed by atoms with Gasteiger partial charge in [0.05, 0.1) is 24.6 Å². The van der Waals surface area contributed by atoms with Gasteiger partial charge in [-0.15, -0.1) is 73.7 Å². The van der Waals surface area contributed by atoms with E-state index in [0.717, 1.165) is 62.1 Å². The molecule has 2 N–H and O–H groups in total. The normalized spacial score (nSPS) is 10.7. The first-order valence-corrected chi connectivity index (χ1v) is 45.4. The van der Waals surface area contributed by atoms with Gasteiger partial charge in [-0.25, -0.2) is 24.6 Å².